The predicted octanol–water partition coefficient (Wildman–Crippen LogP) is 4.36. The molecule has 9 heteroatoms. The summed E-state index contributed by atoms with van der Waals surface area (Å²) in [7, 11) is 1.31. The third-order valence-corrected chi connectivity index (χ3v) is 5.47. The summed E-state index contributed by atoms with van der Waals surface area (Å²) >= 11 is 7.34. The van der Waals surface area contributed by atoms with Crippen molar-refractivity contribution in [3.8, 4) is 0 Å². The third kappa shape index (κ3) is 3.94. The van der Waals surface area contributed by atoms with Gasteiger partial charge in [0.05, 0.1) is 42.8 Å². The molecule has 4 rings (SSSR count). The second kappa shape index (κ2) is 8.18. The summed E-state index contributed by atoms with van der Waals surface area (Å²) in [6.07, 6.45) is 2.97. The van der Waals surface area contributed by atoms with Crippen molar-refractivity contribution in [2.45, 2.75) is 17.5 Å². The number of esters is 1. The molecule has 0 aliphatic rings. The highest BCUT2D eigenvalue weighted by Crippen LogP contribution is 2.26. The van der Waals surface area contributed by atoms with E-state index in [-0.39, 0.29) is 17.9 Å². The lowest BCUT2D eigenvalue weighted by molar-refractivity contribution is 0.0598. The quantitative estimate of drug-likeness (QED) is 0.255. The molecule has 0 aliphatic carbocycles. The van der Waals surface area contributed by atoms with Crippen LogP contribution >= 0.6 is 23.4 Å². The fraction of sp³-hybridized carbons (Fsp3) is 0.150. The Morgan fingerprint density at radius 3 is 2.86 bits per heavy atom. The smallest absolute Gasteiger partial charge is 0.341 e. The zero-order valence-corrected chi connectivity index (χ0v) is 16.8. The average molecular weight is 431 g/mol. The molecule has 0 bridgehead atoms. The topological polar surface area (TPSA) is 87.5 Å². The Morgan fingerprint density at radius 1 is 1.24 bits per heavy atom. The molecule has 7 nitrogen and oxygen atoms in total. The minimum atomic E-state index is -0.486. The number of hydrogen-bond donors (Lipinski definition) is 0. The van der Waals surface area contributed by atoms with Crippen LogP contribution in [0.4, 0.5) is 0 Å². The van der Waals surface area contributed by atoms with Gasteiger partial charge in [-0.05, 0) is 36.4 Å². The van der Waals surface area contributed by atoms with E-state index in [0.29, 0.717) is 38.2 Å². The fourth-order valence-corrected chi connectivity index (χ4v) is 3.97. The van der Waals surface area contributed by atoms with Gasteiger partial charge in [-0.15, -0.1) is 0 Å². The second-order valence-electron chi connectivity index (χ2n) is 6.06. The highest BCUT2D eigenvalue weighted by atomic mass is 35.5. The molecule has 0 saturated heterocycles. The zero-order chi connectivity index (χ0) is 20.4. The maximum absolute atomic E-state index is 13.1. The van der Waals surface area contributed by atoms with Crippen LogP contribution in [0.1, 0.15) is 21.9 Å². The lowest BCUT2D eigenvalue weighted by atomic mass is 10.2. The minimum Gasteiger partial charge on any atom is -0.468 e. The first-order valence-electron chi connectivity index (χ1n) is 8.57. The van der Waals surface area contributed by atoms with Crippen LogP contribution in [0.15, 0.2) is 67.7 Å². The first kappa shape index (κ1) is 19.4. The van der Waals surface area contributed by atoms with Crippen LogP contribution in [0.2, 0.25) is 5.02 Å². The normalized spacial score (nSPS) is 11.1. The number of halogens is 1. The number of ether oxygens (including phenoxy) is 1. The Kier molecular flexibility index (Phi) is 5.46. The van der Waals surface area contributed by atoms with Gasteiger partial charge >= 0.3 is 5.97 Å². The maximum Gasteiger partial charge on any atom is 0.341 e. The molecule has 3 aromatic heterocycles. The van der Waals surface area contributed by atoms with Crippen molar-refractivity contribution in [1.82, 2.24) is 9.55 Å². The number of carbonyl (C=O) groups is 1. The molecular weight excluding hydrogens is 416 g/mol. The van der Waals surface area contributed by atoms with E-state index in [1.165, 1.54) is 29.7 Å². The first-order chi connectivity index (χ1) is 14.1. The lowest BCUT2D eigenvalue weighted by Gasteiger charge is -2.12. The summed E-state index contributed by atoms with van der Waals surface area (Å²) in [5.74, 6) is 0.860. The Bertz CT molecular complexity index is 1230. The molecule has 0 aliphatic heterocycles. The molecule has 0 atom stereocenters. The number of thioether (sulfide) groups is 1. The number of nitrogens with zero attached hydrogens (tertiary/aromatic N) is 2. The molecule has 29 heavy (non-hydrogen) atoms. The Balaban J connectivity index is 1.74. The molecule has 4 aromatic rings. The molecule has 148 valence electrons. The summed E-state index contributed by atoms with van der Waals surface area (Å²) in [5, 5.41) is 1.40. The van der Waals surface area contributed by atoms with Gasteiger partial charge in [-0.1, -0.05) is 23.4 Å². The number of rotatable bonds is 6. The summed E-state index contributed by atoms with van der Waals surface area (Å²) < 4.78 is 17.1. The number of fused-ring (bicyclic) bond motifs is 1. The first-order valence-corrected chi connectivity index (χ1v) is 9.93. The van der Waals surface area contributed by atoms with Crippen LogP contribution < -0.4 is 5.56 Å². The van der Waals surface area contributed by atoms with Gasteiger partial charge in [-0.2, -0.15) is 0 Å². The minimum absolute atomic E-state index is 0.210. The lowest BCUT2D eigenvalue weighted by Crippen LogP contribution is -2.23. The number of carbonyl (C=O) groups excluding carboxylic acids is 1. The number of hydrogen-bond acceptors (Lipinski definition) is 7. The average Bonchev–Trinajstić information content (AvgIpc) is 3.39. The van der Waals surface area contributed by atoms with E-state index in [4.69, 9.17) is 25.2 Å². The van der Waals surface area contributed by atoms with Crippen LogP contribution in [0.3, 0.4) is 0 Å². The van der Waals surface area contributed by atoms with E-state index in [0.717, 1.165) is 0 Å². The molecular formula is C20H15ClN2O5S. The molecule has 1 aromatic carbocycles. The summed E-state index contributed by atoms with van der Waals surface area (Å²) in [6, 6.07) is 10.0. The van der Waals surface area contributed by atoms with Crippen molar-refractivity contribution < 1.29 is 18.4 Å². The van der Waals surface area contributed by atoms with Crippen LogP contribution in [0.5, 0.6) is 0 Å². The van der Waals surface area contributed by atoms with Gasteiger partial charge in [-0.3, -0.25) is 9.36 Å². The van der Waals surface area contributed by atoms with Crippen LogP contribution in [-0.2, 0) is 17.0 Å². The molecule has 0 fully saturated rings. The predicted molar refractivity (Wildman–Crippen MR) is 108 cm³/mol. The maximum atomic E-state index is 13.1. The molecule has 0 unspecified atom stereocenters. The van der Waals surface area contributed by atoms with E-state index in [9.17, 15) is 9.59 Å². The van der Waals surface area contributed by atoms with Gasteiger partial charge in [0, 0.05) is 5.02 Å². The molecule has 0 spiro atoms. The summed E-state index contributed by atoms with van der Waals surface area (Å²) in [5.41, 5.74) is 0.621. The number of aromatic nitrogens is 2. The van der Waals surface area contributed by atoms with E-state index in [1.807, 2.05) is 0 Å². The standard InChI is InChI=1S/C20H15ClN2O5S/c1-26-19(25)15-6-8-28-17(15)11-29-20-22-16-9-12(21)4-5-14(16)18(24)23(20)10-13-3-2-7-27-13/h2-9H,10-11H2,1H3. The van der Waals surface area contributed by atoms with E-state index in [2.05, 4.69) is 4.98 Å². The van der Waals surface area contributed by atoms with Crippen molar-refractivity contribution in [2.24, 2.45) is 0 Å². The summed E-state index contributed by atoms with van der Waals surface area (Å²) in [4.78, 5) is 29.6. The highest BCUT2D eigenvalue weighted by molar-refractivity contribution is 7.98. The molecule has 0 saturated carbocycles. The van der Waals surface area contributed by atoms with E-state index >= 15 is 0 Å². The number of furan rings is 2. The third-order valence-electron chi connectivity index (χ3n) is 4.26. The summed E-state index contributed by atoms with van der Waals surface area (Å²) in [6.45, 7) is 0.224. The van der Waals surface area contributed by atoms with Gasteiger partial charge in [0.2, 0.25) is 0 Å². The Morgan fingerprint density at radius 2 is 2.10 bits per heavy atom. The van der Waals surface area contributed by atoms with Crippen molar-refractivity contribution in [1.29, 1.82) is 0 Å². The zero-order valence-electron chi connectivity index (χ0n) is 15.3. The molecule has 0 N–H and O–H groups in total. The largest absolute Gasteiger partial charge is 0.468 e. The molecule has 0 radical (unpaired) electrons. The van der Waals surface area contributed by atoms with Gasteiger partial charge in [0.1, 0.15) is 17.1 Å². The number of benzene rings is 1. The van der Waals surface area contributed by atoms with Crippen molar-refractivity contribution in [2.75, 3.05) is 7.11 Å². The number of methoxy groups -OCH3 is 1. The van der Waals surface area contributed by atoms with E-state index in [1.54, 1.807) is 42.7 Å². The van der Waals surface area contributed by atoms with Crippen molar-refractivity contribution >= 4 is 40.2 Å². The van der Waals surface area contributed by atoms with Crippen LogP contribution in [0, 0.1) is 0 Å². The van der Waals surface area contributed by atoms with Crippen molar-refractivity contribution in [3.05, 3.63) is 81.4 Å². The fourth-order valence-electron chi connectivity index (χ4n) is 2.86. The monoisotopic (exact) mass is 430 g/mol. The molecule has 3 heterocycles. The van der Waals surface area contributed by atoms with Gasteiger partial charge in [-0.25, -0.2) is 9.78 Å². The Hall–Kier alpha value is -2.97. The van der Waals surface area contributed by atoms with Gasteiger partial charge < -0.3 is 13.6 Å². The Labute approximate surface area is 174 Å². The van der Waals surface area contributed by atoms with Gasteiger partial charge in [0.25, 0.3) is 5.56 Å². The van der Waals surface area contributed by atoms with Gasteiger partial charge in [0.15, 0.2) is 5.16 Å². The highest BCUT2D eigenvalue weighted by Gasteiger charge is 2.18. The van der Waals surface area contributed by atoms with Crippen LogP contribution in [-0.4, -0.2) is 22.6 Å². The molecule has 0 amide bonds. The SMILES string of the molecule is COC(=O)c1ccoc1CSc1nc2cc(Cl)ccc2c(=O)n1Cc1ccco1. The van der Waals surface area contributed by atoms with Crippen molar-refractivity contribution in [3.63, 3.8) is 0 Å². The second-order valence-corrected chi connectivity index (χ2v) is 7.44. The van der Waals surface area contributed by atoms with Crippen LogP contribution in [0.25, 0.3) is 10.9 Å². The van der Waals surface area contributed by atoms with E-state index < -0.39 is 5.97 Å².